The number of benzene rings is 1. The monoisotopic (exact) mass is 278 g/mol. The fourth-order valence-corrected chi connectivity index (χ4v) is 1.82. The van der Waals surface area contributed by atoms with Crippen LogP contribution in [0.4, 0.5) is 15.3 Å². The second-order valence-corrected chi connectivity index (χ2v) is 5.45. The van der Waals surface area contributed by atoms with Crippen LogP contribution < -0.4 is 15.7 Å². The minimum absolute atomic E-state index is 0.233. The number of hydrogen-bond acceptors (Lipinski definition) is 3. The molecule has 0 radical (unpaired) electrons. The number of amides is 3. The van der Waals surface area contributed by atoms with E-state index in [1.54, 1.807) is 34.0 Å². The largest absolute Gasteiger partial charge is 0.530 e. The highest BCUT2D eigenvalue weighted by molar-refractivity contribution is 5.89. The third-order valence-corrected chi connectivity index (χ3v) is 2.74. The molecule has 0 spiro atoms. The van der Waals surface area contributed by atoms with Crippen molar-refractivity contribution in [3.8, 4) is 0 Å². The minimum Gasteiger partial charge on any atom is -0.530 e. The van der Waals surface area contributed by atoms with E-state index in [2.05, 4.69) is 10.6 Å². The van der Waals surface area contributed by atoms with Gasteiger partial charge in [-0.05, 0) is 31.9 Å². The summed E-state index contributed by atoms with van der Waals surface area (Å²) in [6.45, 7) is 3.51. The molecule has 3 amide bonds. The molecule has 0 bridgehead atoms. The van der Waals surface area contributed by atoms with Crippen LogP contribution in [0.3, 0.4) is 0 Å². The van der Waals surface area contributed by atoms with E-state index in [0.29, 0.717) is 12.1 Å². The predicted molar refractivity (Wildman–Crippen MR) is 75.5 cm³/mol. The quantitative estimate of drug-likeness (QED) is 0.862. The predicted octanol–water partition coefficient (Wildman–Crippen LogP) is 1.03. The van der Waals surface area contributed by atoms with Crippen molar-refractivity contribution in [3.63, 3.8) is 0 Å². The van der Waals surface area contributed by atoms with Crippen LogP contribution in [0.2, 0.25) is 0 Å². The van der Waals surface area contributed by atoms with Gasteiger partial charge in [0, 0.05) is 25.3 Å². The molecule has 0 atom stereocenters. The number of hydrogen-bond donors (Lipinski definition) is 2. The maximum absolute atomic E-state index is 11.7. The normalized spacial score (nSPS) is 10.8. The summed E-state index contributed by atoms with van der Waals surface area (Å²) in [5, 5.41) is 15.8. The van der Waals surface area contributed by atoms with E-state index in [-0.39, 0.29) is 6.03 Å². The number of carboxylic acid groups (broad SMARTS) is 1. The molecule has 6 heteroatoms. The number of rotatable bonds is 4. The smallest absolute Gasteiger partial charge is 0.321 e. The second-order valence-electron chi connectivity index (χ2n) is 5.45. The van der Waals surface area contributed by atoms with Gasteiger partial charge in [0.25, 0.3) is 0 Å². The molecule has 0 aliphatic carbocycles. The molecule has 20 heavy (non-hydrogen) atoms. The van der Waals surface area contributed by atoms with Crippen LogP contribution in [-0.4, -0.2) is 36.7 Å². The summed E-state index contributed by atoms with van der Waals surface area (Å²) in [6, 6.07) is 7.06. The lowest BCUT2D eigenvalue weighted by Crippen LogP contribution is -2.50. The van der Waals surface area contributed by atoms with Gasteiger partial charge >= 0.3 is 6.03 Å². The lowest BCUT2D eigenvalue weighted by atomic mass is 9.94. The average Bonchev–Trinajstić information content (AvgIpc) is 2.29. The van der Waals surface area contributed by atoms with Crippen molar-refractivity contribution >= 4 is 17.8 Å². The first-order valence-corrected chi connectivity index (χ1v) is 6.26. The van der Waals surface area contributed by atoms with Crippen molar-refractivity contribution < 1.29 is 14.7 Å². The maximum atomic E-state index is 11.7. The molecule has 0 unspecified atom stereocenters. The molecule has 110 valence electrons. The third-order valence-electron chi connectivity index (χ3n) is 2.74. The van der Waals surface area contributed by atoms with E-state index in [1.165, 1.54) is 4.90 Å². The van der Waals surface area contributed by atoms with E-state index in [9.17, 15) is 14.7 Å². The highest BCUT2D eigenvalue weighted by atomic mass is 16.4. The second kappa shape index (κ2) is 6.27. The van der Waals surface area contributed by atoms with E-state index >= 15 is 0 Å². The number of anilines is 1. The summed E-state index contributed by atoms with van der Waals surface area (Å²) < 4.78 is 0. The lowest BCUT2D eigenvalue weighted by Gasteiger charge is -2.29. The molecule has 0 saturated heterocycles. The maximum Gasteiger partial charge on any atom is 0.321 e. The summed E-state index contributed by atoms with van der Waals surface area (Å²) in [5.74, 6) is 0. The summed E-state index contributed by atoms with van der Waals surface area (Å²) in [7, 11) is 3.30. The summed E-state index contributed by atoms with van der Waals surface area (Å²) in [5.41, 5.74) is 0.832. The Labute approximate surface area is 118 Å². The number of nitrogens with zero attached hydrogens (tertiary/aromatic N) is 1. The van der Waals surface area contributed by atoms with Gasteiger partial charge in [-0.2, -0.15) is 0 Å². The molecule has 2 N–H and O–H groups in total. The van der Waals surface area contributed by atoms with Gasteiger partial charge in [0.2, 0.25) is 0 Å². The number of carbonyl (C=O) groups is 2. The molecule has 1 aromatic rings. The number of carbonyl (C=O) groups excluding carboxylic acids is 2. The topological polar surface area (TPSA) is 84.5 Å². The van der Waals surface area contributed by atoms with E-state index in [1.807, 2.05) is 18.2 Å². The third kappa shape index (κ3) is 4.79. The van der Waals surface area contributed by atoms with Crippen LogP contribution in [0.15, 0.2) is 24.3 Å². The van der Waals surface area contributed by atoms with E-state index in [0.717, 1.165) is 5.56 Å². The summed E-state index contributed by atoms with van der Waals surface area (Å²) in [4.78, 5) is 23.8. The van der Waals surface area contributed by atoms with E-state index < -0.39 is 11.6 Å². The zero-order chi connectivity index (χ0) is 15.3. The van der Waals surface area contributed by atoms with Gasteiger partial charge in [0.1, 0.15) is 6.09 Å². The zero-order valence-electron chi connectivity index (χ0n) is 12.2. The van der Waals surface area contributed by atoms with Crippen molar-refractivity contribution in [1.82, 2.24) is 10.2 Å². The highest BCUT2D eigenvalue weighted by Crippen LogP contribution is 2.21. The van der Waals surface area contributed by atoms with Crippen molar-refractivity contribution in [2.75, 3.05) is 19.4 Å². The van der Waals surface area contributed by atoms with Crippen molar-refractivity contribution in [2.24, 2.45) is 0 Å². The lowest BCUT2D eigenvalue weighted by molar-refractivity contribution is -0.252. The Morgan fingerprint density at radius 3 is 2.40 bits per heavy atom. The molecule has 0 heterocycles. The van der Waals surface area contributed by atoms with Crippen molar-refractivity contribution in [1.29, 1.82) is 0 Å². The minimum atomic E-state index is -1.31. The molecule has 0 saturated carbocycles. The Bertz CT molecular complexity index is 498. The molecule has 6 nitrogen and oxygen atoms in total. The van der Waals surface area contributed by atoms with Crippen LogP contribution >= 0.6 is 0 Å². The standard InChI is InChI=1S/C14H21N3O3/c1-14(2,16-13(19)20)9-10-7-5-6-8-11(10)15-12(18)17(3)4/h5-8,16H,9H2,1-4H3,(H,15,18)(H,19,20)/p-1. The highest BCUT2D eigenvalue weighted by Gasteiger charge is 2.20. The van der Waals surface area contributed by atoms with Gasteiger partial charge in [0.15, 0.2) is 0 Å². The Kier molecular flexibility index (Phi) is 4.96. The number of nitrogens with one attached hydrogen (secondary N) is 2. The molecule has 1 aromatic carbocycles. The molecular weight excluding hydrogens is 258 g/mol. The van der Waals surface area contributed by atoms with Gasteiger partial charge in [0.05, 0.1) is 0 Å². The fourth-order valence-electron chi connectivity index (χ4n) is 1.82. The number of para-hydroxylation sites is 1. The van der Waals surface area contributed by atoms with Gasteiger partial charge in [-0.3, -0.25) is 0 Å². The van der Waals surface area contributed by atoms with Crippen molar-refractivity contribution in [3.05, 3.63) is 29.8 Å². The SMILES string of the molecule is CN(C)C(=O)Nc1ccccc1CC(C)(C)NC(=O)[O-]. The van der Waals surface area contributed by atoms with Crippen LogP contribution in [0.1, 0.15) is 19.4 Å². The zero-order valence-corrected chi connectivity index (χ0v) is 12.2. The van der Waals surface area contributed by atoms with E-state index in [4.69, 9.17) is 0 Å². The summed E-state index contributed by atoms with van der Waals surface area (Å²) in [6.07, 6.45) is -0.880. The van der Waals surface area contributed by atoms with Gasteiger partial charge < -0.3 is 25.4 Å². The fraction of sp³-hybridized carbons (Fsp3) is 0.429. The Balaban J connectivity index is 2.90. The first kappa shape index (κ1) is 15.8. The molecule has 1 rings (SSSR count). The first-order chi connectivity index (χ1) is 9.21. The molecular formula is C14H20N3O3-. The van der Waals surface area contributed by atoms with Gasteiger partial charge in [-0.25, -0.2) is 4.79 Å². The van der Waals surface area contributed by atoms with Gasteiger partial charge in [-0.1, -0.05) is 18.2 Å². The Morgan fingerprint density at radius 1 is 1.25 bits per heavy atom. The molecule has 0 aromatic heterocycles. The Hall–Kier alpha value is -2.24. The number of urea groups is 1. The van der Waals surface area contributed by atoms with Crippen molar-refractivity contribution in [2.45, 2.75) is 25.8 Å². The molecule has 0 fully saturated rings. The van der Waals surface area contributed by atoms with Crippen LogP contribution in [0.5, 0.6) is 0 Å². The van der Waals surface area contributed by atoms with Gasteiger partial charge in [-0.15, -0.1) is 0 Å². The molecule has 0 aliphatic heterocycles. The Morgan fingerprint density at radius 2 is 1.85 bits per heavy atom. The van der Waals surface area contributed by atoms with Crippen LogP contribution in [-0.2, 0) is 6.42 Å². The van der Waals surface area contributed by atoms with Crippen LogP contribution in [0.25, 0.3) is 0 Å². The summed E-state index contributed by atoms with van der Waals surface area (Å²) >= 11 is 0. The first-order valence-electron chi connectivity index (χ1n) is 6.26. The average molecular weight is 278 g/mol. The van der Waals surface area contributed by atoms with Crippen LogP contribution in [0, 0.1) is 0 Å². The molecule has 0 aliphatic rings.